The van der Waals surface area contributed by atoms with E-state index in [1.165, 1.54) is 12.1 Å². The molecule has 1 unspecified atom stereocenters. The molecular weight excluding hydrogens is 329 g/mol. The lowest BCUT2D eigenvalue weighted by Crippen LogP contribution is -2.44. The van der Waals surface area contributed by atoms with Gasteiger partial charge in [0.05, 0.1) is 13.2 Å². The number of benzene rings is 1. The zero-order valence-corrected chi connectivity index (χ0v) is 14.3. The third-order valence-corrected chi connectivity index (χ3v) is 4.84. The molecule has 24 heavy (non-hydrogen) atoms. The van der Waals surface area contributed by atoms with Crippen molar-refractivity contribution in [3.8, 4) is 0 Å². The molecule has 1 atom stereocenters. The second kappa shape index (κ2) is 7.83. The molecule has 0 radical (unpaired) electrons. The van der Waals surface area contributed by atoms with Crippen molar-refractivity contribution in [2.45, 2.75) is 12.6 Å². The summed E-state index contributed by atoms with van der Waals surface area (Å²) >= 11 is 1.57. The van der Waals surface area contributed by atoms with Crippen LogP contribution in [-0.2, 0) is 16.1 Å². The van der Waals surface area contributed by atoms with Gasteiger partial charge in [0.2, 0.25) is 5.91 Å². The Morgan fingerprint density at radius 1 is 1.54 bits per heavy atom. The van der Waals surface area contributed by atoms with E-state index in [2.05, 4.69) is 9.88 Å². The number of rotatable bonds is 5. The van der Waals surface area contributed by atoms with E-state index in [4.69, 9.17) is 4.74 Å². The summed E-state index contributed by atoms with van der Waals surface area (Å²) in [4.78, 5) is 20.4. The highest BCUT2D eigenvalue weighted by molar-refractivity contribution is 7.09. The third-order valence-electron chi connectivity index (χ3n) is 3.97. The number of halogens is 1. The fourth-order valence-electron chi connectivity index (χ4n) is 2.70. The van der Waals surface area contributed by atoms with Crippen molar-refractivity contribution in [3.05, 3.63) is 52.2 Å². The molecule has 0 N–H and O–H groups in total. The topological polar surface area (TPSA) is 45.7 Å². The van der Waals surface area contributed by atoms with Crippen LogP contribution in [0.5, 0.6) is 0 Å². The van der Waals surface area contributed by atoms with Crippen LogP contribution in [0.2, 0.25) is 0 Å². The van der Waals surface area contributed by atoms with Crippen LogP contribution in [0.3, 0.4) is 0 Å². The number of ether oxygens (including phenoxy) is 1. The Balaban J connectivity index is 1.53. The standard InChI is InChI=1S/C17H20FN3O2S/c1-20(10-13-3-2-4-14(18)9-13)16(22)12-21-6-7-23-15(11-21)17-19-5-8-24-17/h2-5,8-9,15H,6-7,10-12H2,1H3. The Labute approximate surface area is 144 Å². The summed E-state index contributed by atoms with van der Waals surface area (Å²) in [6.45, 7) is 2.70. The van der Waals surface area contributed by atoms with Gasteiger partial charge >= 0.3 is 0 Å². The highest BCUT2D eigenvalue weighted by atomic mass is 32.1. The maximum atomic E-state index is 13.2. The van der Waals surface area contributed by atoms with Crippen molar-refractivity contribution in [2.75, 3.05) is 33.3 Å². The first-order valence-electron chi connectivity index (χ1n) is 7.83. The fourth-order valence-corrected chi connectivity index (χ4v) is 3.38. The summed E-state index contributed by atoms with van der Waals surface area (Å²) in [6.07, 6.45) is 1.69. The van der Waals surface area contributed by atoms with Crippen LogP contribution in [0.4, 0.5) is 4.39 Å². The number of amides is 1. The smallest absolute Gasteiger partial charge is 0.236 e. The van der Waals surface area contributed by atoms with Crippen LogP contribution in [0, 0.1) is 5.82 Å². The molecule has 0 aliphatic carbocycles. The largest absolute Gasteiger partial charge is 0.368 e. The lowest BCUT2D eigenvalue weighted by molar-refractivity contribution is -0.133. The summed E-state index contributed by atoms with van der Waals surface area (Å²) in [5.74, 6) is -0.271. The highest BCUT2D eigenvalue weighted by Crippen LogP contribution is 2.23. The van der Waals surface area contributed by atoms with Gasteiger partial charge in [-0.3, -0.25) is 9.69 Å². The van der Waals surface area contributed by atoms with E-state index in [9.17, 15) is 9.18 Å². The van der Waals surface area contributed by atoms with Crippen LogP contribution in [-0.4, -0.2) is 54.0 Å². The molecule has 1 amide bonds. The second-order valence-corrected chi connectivity index (χ2v) is 6.77. The van der Waals surface area contributed by atoms with Gasteiger partial charge in [-0.2, -0.15) is 0 Å². The first kappa shape index (κ1) is 17.0. The summed E-state index contributed by atoms with van der Waals surface area (Å²) in [7, 11) is 1.74. The molecule has 0 spiro atoms. The molecule has 7 heteroatoms. The van der Waals surface area contributed by atoms with Crippen LogP contribution >= 0.6 is 11.3 Å². The number of hydrogen-bond donors (Lipinski definition) is 0. The van der Waals surface area contributed by atoms with E-state index in [0.717, 1.165) is 17.1 Å². The normalized spacial score (nSPS) is 18.5. The van der Waals surface area contributed by atoms with Gasteiger partial charge in [0.25, 0.3) is 0 Å². The number of carbonyl (C=O) groups is 1. The van der Waals surface area contributed by atoms with Gasteiger partial charge in [0.1, 0.15) is 16.9 Å². The van der Waals surface area contributed by atoms with Crippen molar-refractivity contribution >= 4 is 17.2 Å². The van der Waals surface area contributed by atoms with E-state index in [-0.39, 0.29) is 17.8 Å². The lowest BCUT2D eigenvalue weighted by atomic mass is 10.2. The fraction of sp³-hybridized carbons (Fsp3) is 0.412. The number of hydrogen-bond acceptors (Lipinski definition) is 5. The minimum atomic E-state index is -0.284. The van der Waals surface area contributed by atoms with Crippen LogP contribution in [0.25, 0.3) is 0 Å². The molecule has 1 saturated heterocycles. The molecule has 1 aromatic heterocycles. The van der Waals surface area contributed by atoms with E-state index >= 15 is 0 Å². The Bertz CT molecular complexity index is 680. The Morgan fingerprint density at radius 2 is 2.42 bits per heavy atom. The molecule has 1 aliphatic rings. The van der Waals surface area contributed by atoms with Gasteiger partial charge < -0.3 is 9.64 Å². The summed E-state index contributed by atoms with van der Waals surface area (Å²) in [6, 6.07) is 6.33. The van der Waals surface area contributed by atoms with Gasteiger partial charge in [-0.1, -0.05) is 12.1 Å². The Hall–Kier alpha value is -1.83. The first-order chi connectivity index (χ1) is 11.6. The van der Waals surface area contributed by atoms with Gasteiger partial charge in [0.15, 0.2) is 0 Å². The number of aromatic nitrogens is 1. The number of likely N-dealkylation sites (N-methyl/N-ethyl adjacent to an activating group) is 1. The quantitative estimate of drug-likeness (QED) is 0.831. The second-order valence-electron chi connectivity index (χ2n) is 5.84. The third kappa shape index (κ3) is 4.37. The first-order valence-corrected chi connectivity index (χ1v) is 8.71. The van der Waals surface area contributed by atoms with Gasteiger partial charge in [0, 0.05) is 38.3 Å². The minimum absolute atomic E-state index is 0.0130. The Morgan fingerprint density at radius 3 is 3.17 bits per heavy atom. The van der Waals surface area contributed by atoms with E-state index in [1.54, 1.807) is 35.5 Å². The zero-order chi connectivity index (χ0) is 16.9. The van der Waals surface area contributed by atoms with E-state index in [0.29, 0.717) is 26.2 Å². The van der Waals surface area contributed by atoms with Crippen molar-refractivity contribution in [1.82, 2.24) is 14.8 Å². The highest BCUT2D eigenvalue weighted by Gasteiger charge is 2.25. The zero-order valence-electron chi connectivity index (χ0n) is 13.5. The predicted octanol–water partition coefficient (Wildman–Crippen LogP) is 2.31. The molecule has 2 heterocycles. The maximum Gasteiger partial charge on any atom is 0.236 e. The summed E-state index contributed by atoms with van der Waals surface area (Å²) < 4.78 is 19.0. The molecule has 5 nitrogen and oxygen atoms in total. The van der Waals surface area contributed by atoms with Crippen LogP contribution in [0.15, 0.2) is 35.8 Å². The average Bonchev–Trinajstić information content (AvgIpc) is 3.09. The summed E-state index contributed by atoms with van der Waals surface area (Å²) in [5, 5.41) is 2.87. The molecule has 0 bridgehead atoms. The molecule has 1 fully saturated rings. The number of thiazole rings is 1. The Kier molecular flexibility index (Phi) is 5.55. The molecule has 3 rings (SSSR count). The molecule has 1 aliphatic heterocycles. The van der Waals surface area contributed by atoms with Crippen molar-refractivity contribution in [3.63, 3.8) is 0 Å². The molecule has 2 aromatic rings. The average molecular weight is 349 g/mol. The summed E-state index contributed by atoms with van der Waals surface area (Å²) in [5.41, 5.74) is 0.786. The lowest BCUT2D eigenvalue weighted by Gasteiger charge is -2.32. The van der Waals surface area contributed by atoms with Gasteiger partial charge in [-0.15, -0.1) is 11.3 Å². The molecular formula is C17H20FN3O2S. The van der Waals surface area contributed by atoms with Crippen LogP contribution in [0.1, 0.15) is 16.7 Å². The molecule has 1 aromatic carbocycles. The monoisotopic (exact) mass is 349 g/mol. The van der Waals surface area contributed by atoms with Crippen LogP contribution < -0.4 is 0 Å². The number of carbonyl (C=O) groups excluding carboxylic acids is 1. The number of nitrogens with zero attached hydrogens (tertiary/aromatic N) is 3. The predicted molar refractivity (Wildman–Crippen MR) is 90.1 cm³/mol. The van der Waals surface area contributed by atoms with Gasteiger partial charge in [-0.25, -0.2) is 9.37 Å². The van der Waals surface area contributed by atoms with Crippen molar-refractivity contribution in [1.29, 1.82) is 0 Å². The van der Waals surface area contributed by atoms with Gasteiger partial charge in [-0.05, 0) is 17.7 Å². The van der Waals surface area contributed by atoms with Crippen molar-refractivity contribution < 1.29 is 13.9 Å². The van der Waals surface area contributed by atoms with E-state index in [1.807, 2.05) is 11.4 Å². The van der Waals surface area contributed by atoms with E-state index < -0.39 is 0 Å². The molecule has 128 valence electrons. The van der Waals surface area contributed by atoms with Crippen molar-refractivity contribution in [2.24, 2.45) is 0 Å². The molecule has 0 saturated carbocycles. The maximum absolute atomic E-state index is 13.2. The number of morpholine rings is 1. The minimum Gasteiger partial charge on any atom is -0.368 e. The SMILES string of the molecule is CN(Cc1cccc(F)c1)C(=O)CN1CCOC(c2nccs2)C1.